The second-order valence-corrected chi connectivity index (χ2v) is 6.80. The van der Waals surface area contributed by atoms with Gasteiger partial charge < -0.3 is 0 Å². The summed E-state index contributed by atoms with van der Waals surface area (Å²) >= 11 is 0. The topological polar surface area (TPSA) is 47.0 Å². The summed E-state index contributed by atoms with van der Waals surface area (Å²) in [5.74, 6) is -0.640. The van der Waals surface area contributed by atoms with E-state index in [1.807, 2.05) is 0 Å². The maximum Gasteiger partial charge on any atom is 0.433 e. The monoisotopic (exact) mass is 395 g/mol. The van der Waals surface area contributed by atoms with Crippen molar-refractivity contribution >= 4 is 10.7 Å². The summed E-state index contributed by atoms with van der Waals surface area (Å²) in [5, 5.41) is 0. The van der Waals surface area contributed by atoms with Gasteiger partial charge in [0.15, 0.2) is 0 Å². The van der Waals surface area contributed by atoms with Crippen LogP contribution in [0.15, 0.2) is 60.7 Å². The molecule has 0 saturated heterocycles. The van der Waals surface area contributed by atoms with Gasteiger partial charge in [-0.3, -0.25) is 0 Å². The van der Waals surface area contributed by atoms with Gasteiger partial charge in [-0.1, -0.05) is 24.3 Å². The van der Waals surface area contributed by atoms with Crippen molar-refractivity contribution in [3.05, 3.63) is 77.7 Å². The van der Waals surface area contributed by atoms with Crippen molar-refractivity contribution < 1.29 is 26.0 Å². The fourth-order valence-corrected chi connectivity index (χ4v) is 3.07. The molecule has 3 nitrogen and oxygen atoms in total. The highest BCUT2D eigenvalue weighted by molar-refractivity contribution is 7.71. The largest absolute Gasteiger partial charge is 0.433 e. The summed E-state index contributed by atoms with van der Waals surface area (Å²) in [6, 6.07) is 13.6. The molecule has 0 saturated carbocycles. The van der Waals surface area contributed by atoms with Crippen molar-refractivity contribution in [3.8, 4) is 22.4 Å². The molecule has 1 aromatic heterocycles. The Balaban J connectivity index is 2.09. The number of hydrogen-bond donors (Lipinski definition) is 1. The van der Waals surface area contributed by atoms with E-state index in [0.717, 1.165) is 18.2 Å². The summed E-state index contributed by atoms with van der Waals surface area (Å²) in [4.78, 5) is 3.66. The quantitative estimate of drug-likeness (QED) is 0.515. The number of aromatic nitrogens is 1. The summed E-state index contributed by atoms with van der Waals surface area (Å²) < 4.78 is 74.4. The first-order chi connectivity index (χ1) is 12.7. The standard InChI is InChI=1S/C19H13F4NO2S/c20-16-7-5-14(6-8-16)17-9-15(10-18(24-17)19(21,22)23)13-3-1-12(2-4-13)11-27(25)26/h1-10,27H,11H2. The molecular weight excluding hydrogens is 382 g/mol. The van der Waals surface area contributed by atoms with Crippen LogP contribution in [0.25, 0.3) is 22.4 Å². The maximum atomic E-state index is 13.3. The Morgan fingerprint density at radius 2 is 1.41 bits per heavy atom. The zero-order valence-electron chi connectivity index (χ0n) is 13.7. The Hall–Kier alpha value is -2.74. The van der Waals surface area contributed by atoms with Crippen molar-refractivity contribution in [2.24, 2.45) is 0 Å². The zero-order chi connectivity index (χ0) is 19.6. The molecule has 1 heterocycles. The highest BCUT2D eigenvalue weighted by atomic mass is 32.2. The molecule has 3 aromatic rings. The average Bonchev–Trinajstić information content (AvgIpc) is 2.61. The van der Waals surface area contributed by atoms with Gasteiger partial charge in [0.2, 0.25) is 0 Å². The third kappa shape index (κ3) is 4.71. The van der Waals surface area contributed by atoms with E-state index in [4.69, 9.17) is 0 Å². The van der Waals surface area contributed by atoms with E-state index in [9.17, 15) is 26.0 Å². The lowest BCUT2D eigenvalue weighted by atomic mass is 10.0. The minimum Gasteiger partial charge on any atom is -0.243 e. The predicted octanol–water partition coefficient (Wildman–Crippen LogP) is 4.68. The first-order valence-electron chi connectivity index (χ1n) is 7.79. The Kier molecular flexibility index (Phi) is 5.27. The highest BCUT2D eigenvalue weighted by Crippen LogP contribution is 2.34. The van der Waals surface area contributed by atoms with Gasteiger partial charge >= 0.3 is 6.18 Å². The lowest BCUT2D eigenvalue weighted by Crippen LogP contribution is -2.09. The van der Waals surface area contributed by atoms with Crippen LogP contribution >= 0.6 is 0 Å². The molecular formula is C19H13F4NO2S. The Labute approximate surface area is 154 Å². The van der Waals surface area contributed by atoms with E-state index < -0.39 is 28.4 Å². The van der Waals surface area contributed by atoms with E-state index >= 15 is 0 Å². The molecule has 0 amide bonds. The fraction of sp³-hybridized carbons (Fsp3) is 0.105. The van der Waals surface area contributed by atoms with Gasteiger partial charge in [-0.05, 0) is 53.1 Å². The number of alkyl halides is 3. The Morgan fingerprint density at radius 1 is 0.815 bits per heavy atom. The molecule has 0 radical (unpaired) electrons. The zero-order valence-corrected chi connectivity index (χ0v) is 14.6. The molecule has 140 valence electrons. The van der Waals surface area contributed by atoms with E-state index in [1.54, 1.807) is 24.3 Å². The second-order valence-electron chi connectivity index (χ2n) is 5.82. The lowest BCUT2D eigenvalue weighted by molar-refractivity contribution is -0.141. The van der Waals surface area contributed by atoms with Crippen molar-refractivity contribution in [2.45, 2.75) is 11.9 Å². The molecule has 0 unspecified atom stereocenters. The van der Waals surface area contributed by atoms with Crippen LogP contribution in [0.5, 0.6) is 0 Å². The first-order valence-corrected chi connectivity index (χ1v) is 9.15. The summed E-state index contributed by atoms with van der Waals surface area (Å²) in [7, 11) is -2.59. The smallest absolute Gasteiger partial charge is 0.243 e. The summed E-state index contributed by atoms with van der Waals surface area (Å²) in [6.45, 7) is 0. The number of halogens is 4. The van der Waals surface area contributed by atoms with Gasteiger partial charge in [0, 0.05) is 5.56 Å². The number of rotatable bonds is 4. The molecule has 0 N–H and O–H groups in total. The highest BCUT2D eigenvalue weighted by Gasteiger charge is 2.33. The van der Waals surface area contributed by atoms with Crippen molar-refractivity contribution in [3.63, 3.8) is 0 Å². The number of hydrogen-bond acceptors (Lipinski definition) is 3. The SMILES string of the molecule is O=[SH](=O)Cc1ccc(-c2cc(-c3ccc(F)cc3)nc(C(F)(F)F)c2)cc1. The van der Waals surface area contributed by atoms with Crippen LogP contribution in [-0.4, -0.2) is 13.4 Å². The molecule has 0 bridgehead atoms. The Bertz CT molecular complexity index is 1020. The van der Waals surface area contributed by atoms with E-state index in [2.05, 4.69) is 4.98 Å². The number of benzene rings is 2. The van der Waals surface area contributed by atoms with Crippen LogP contribution < -0.4 is 0 Å². The van der Waals surface area contributed by atoms with Gasteiger partial charge in [-0.15, -0.1) is 0 Å². The van der Waals surface area contributed by atoms with Gasteiger partial charge in [0.1, 0.15) is 22.2 Å². The summed E-state index contributed by atoms with van der Waals surface area (Å²) in [6.07, 6.45) is -4.65. The average molecular weight is 395 g/mol. The molecule has 0 spiro atoms. The first kappa shape index (κ1) is 19.0. The second kappa shape index (κ2) is 7.48. The predicted molar refractivity (Wildman–Crippen MR) is 94.1 cm³/mol. The van der Waals surface area contributed by atoms with Crippen LogP contribution in [-0.2, 0) is 22.6 Å². The molecule has 0 fully saturated rings. The van der Waals surface area contributed by atoms with Gasteiger partial charge in [0.05, 0.1) is 11.4 Å². The van der Waals surface area contributed by atoms with Gasteiger partial charge in [0.25, 0.3) is 0 Å². The van der Waals surface area contributed by atoms with Crippen molar-refractivity contribution in [2.75, 3.05) is 0 Å². The molecule has 8 heteroatoms. The van der Waals surface area contributed by atoms with E-state index in [-0.39, 0.29) is 17.0 Å². The Morgan fingerprint density at radius 3 is 1.96 bits per heavy atom. The third-order valence-electron chi connectivity index (χ3n) is 3.85. The normalized spacial score (nSPS) is 11.7. The van der Waals surface area contributed by atoms with Crippen LogP contribution in [0.1, 0.15) is 11.3 Å². The van der Waals surface area contributed by atoms with Crippen LogP contribution in [0.2, 0.25) is 0 Å². The van der Waals surface area contributed by atoms with Crippen molar-refractivity contribution in [1.82, 2.24) is 4.98 Å². The number of pyridine rings is 1. The van der Waals surface area contributed by atoms with Crippen molar-refractivity contribution in [1.29, 1.82) is 0 Å². The number of thiol groups is 1. The summed E-state index contributed by atoms with van der Waals surface area (Å²) in [5.41, 5.74) is 0.644. The molecule has 0 aliphatic rings. The molecule has 2 aromatic carbocycles. The maximum absolute atomic E-state index is 13.3. The molecule has 27 heavy (non-hydrogen) atoms. The molecule has 3 rings (SSSR count). The minimum absolute atomic E-state index is 0.0616. The third-order valence-corrected chi connectivity index (χ3v) is 4.48. The van der Waals surface area contributed by atoms with Gasteiger partial charge in [-0.25, -0.2) is 17.8 Å². The molecule has 0 aliphatic heterocycles. The molecule has 0 aliphatic carbocycles. The lowest BCUT2D eigenvalue weighted by Gasteiger charge is -2.12. The molecule has 0 atom stereocenters. The van der Waals surface area contributed by atoms with E-state index in [1.165, 1.54) is 18.2 Å². The van der Waals surface area contributed by atoms with Crippen LogP contribution in [0, 0.1) is 5.82 Å². The van der Waals surface area contributed by atoms with Gasteiger partial charge in [-0.2, -0.15) is 13.2 Å². The van der Waals surface area contributed by atoms with Crippen LogP contribution in [0.4, 0.5) is 17.6 Å². The minimum atomic E-state index is -4.65. The number of nitrogens with zero attached hydrogens (tertiary/aromatic N) is 1. The van der Waals surface area contributed by atoms with Crippen LogP contribution in [0.3, 0.4) is 0 Å². The fourth-order valence-electron chi connectivity index (χ4n) is 2.56. The van der Waals surface area contributed by atoms with E-state index in [0.29, 0.717) is 16.7 Å².